The highest BCUT2D eigenvalue weighted by Crippen LogP contribution is 2.31. The molecule has 0 unspecified atom stereocenters. The van der Waals surface area contributed by atoms with Crippen LogP contribution in [0.4, 0.5) is 5.82 Å². The number of aryl methyl sites for hydroxylation is 1. The first-order chi connectivity index (χ1) is 12.2. The molecule has 4 rings (SSSR count). The van der Waals surface area contributed by atoms with Crippen LogP contribution in [-0.4, -0.2) is 61.4 Å². The first kappa shape index (κ1) is 16.3. The fourth-order valence-corrected chi connectivity index (χ4v) is 3.42. The molecule has 1 amide bonds. The van der Waals surface area contributed by atoms with Crippen LogP contribution in [0, 0.1) is 6.92 Å². The SMILES string of the molecule is Cc1oc2ncnc(N3CCOCC3)c2c1C(=O)NC[C@@H]1CCCO1. The van der Waals surface area contributed by atoms with Crippen molar-refractivity contribution < 1.29 is 18.7 Å². The van der Waals surface area contributed by atoms with Gasteiger partial charge in [-0.1, -0.05) is 0 Å². The number of carbonyl (C=O) groups is 1. The number of amides is 1. The van der Waals surface area contributed by atoms with Gasteiger partial charge in [0.2, 0.25) is 5.71 Å². The lowest BCUT2D eigenvalue weighted by molar-refractivity contribution is 0.0857. The molecule has 8 heteroatoms. The summed E-state index contributed by atoms with van der Waals surface area (Å²) in [4.78, 5) is 23.5. The van der Waals surface area contributed by atoms with Crippen LogP contribution in [0.5, 0.6) is 0 Å². The van der Waals surface area contributed by atoms with Crippen molar-refractivity contribution in [3.05, 3.63) is 17.7 Å². The molecule has 2 saturated heterocycles. The summed E-state index contributed by atoms with van der Waals surface area (Å²) in [6.07, 6.45) is 3.60. The maximum atomic E-state index is 12.8. The molecule has 2 aromatic heterocycles. The van der Waals surface area contributed by atoms with Crippen molar-refractivity contribution in [2.45, 2.75) is 25.9 Å². The molecule has 2 fully saturated rings. The molecule has 0 aromatic carbocycles. The number of nitrogens with one attached hydrogen (secondary N) is 1. The van der Waals surface area contributed by atoms with Crippen molar-refractivity contribution in [1.82, 2.24) is 15.3 Å². The van der Waals surface area contributed by atoms with Crippen molar-refractivity contribution in [3.63, 3.8) is 0 Å². The topological polar surface area (TPSA) is 89.7 Å². The van der Waals surface area contributed by atoms with Gasteiger partial charge in [-0.05, 0) is 19.8 Å². The monoisotopic (exact) mass is 346 g/mol. The third-order valence-electron chi connectivity index (χ3n) is 4.70. The Bertz CT molecular complexity index is 763. The van der Waals surface area contributed by atoms with E-state index in [9.17, 15) is 4.79 Å². The maximum Gasteiger partial charge on any atom is 0.255 e. The number of anilines is 1. The van der Waals surface area contributed by atoms with E-state index >= 15 is 0 Å². The highest BCUT2D eigenvalue weighted by atomic mass is 16.5. The van der Waals surface area contributed by atoms with Gasteiger partial charge in [-0.15, -0.1) is 0 Å². The Morgan fingerprint density at radius 2 is 2.16 bits per heavy atom. The number of carbonyl (C=O) groups excluding carboxylic acids is 1. The lowest BCUT2D eigenvalue weighted by atomic mass is 10.1. The standard InChI is InChI=1S/C17H22N4O4/c1-11-13(16(22)18-9-12-3-2-6-24-12)14-15(19-10-20-17(14)25-11)21-4-7-23-8-5-21/h10,12H,2-9H2,1H3,(H,18,22)/t12-/m0/s1. The number of rotatable bonds is 4. The summed E-state index contributed by atoms with van der Waals surface area (Å²) in [5.74, 6) is 1.11. The fraction of sp³-hybridized carbons (Fsp3) is 0.588. The minimum atomic E-state index is -0.170. The van der Waals surface area contributed by atoms with Gasteiger partial charge in [-0.3, -0.25) is 4.79 Å². The minimum absolute atomic E-state index is 0.0948. The summed E-state index contributed by atoms with van der Waals surface area (Å²) in [6.45, 7) is 5.80. The van der Waals surface area contributed by atoms with Crippen molar-refractivity contribution >= 4 is 22.8 Å². The molecule has 1 atom stereocenters. The van der Waals surface area contributed by atoms with E-state index in [0.29, 0.717) is 42.2 Å². The second-order valence-corrected chi connectivity index (χ2v) is 6.36. The number of hydrogen-bond donors (Lipinski definition) is 1. The molecule has 1 N–H and O–H groups in total. The zero-order chi connectivity index (χ0) is 17.2. The van der Waals surface area contributed by atoms with E-state index in [1.807, 2.05) is 0 Å². The Morgan fingerprint density at radius 3 is 2.92 bits per heavy atom. The van der Waals surface area contributed by atoms with Crippen molar-refractivity contribution in [2.75, 3.05) is 44.4 Å². The normalized spacial score (nSPS) is 21.0. The molecule has 4 heterocycles. The van der Waals surface area contributed by atoms with E-state index in [1.165, 1.54) is 6.33 Å². The Labute approximate surface area is 145 Å². The molecule has 25 heavy (non-hydrogen) atoms. The quantitative estimate of drug-likeness (QED) is 0.892. The second kappa shape index (κ2) is 6.97. The molecule has 0 aliphatic carbocycles. The van der Waals surface area contributed by atoms with E-state index in [0.717, 1.165) is 38.4 Å². The average Bonchev–Trinajstić information content (AvgIpc) is 3.27. The Hall–Kier alpha value is -2.19. The molecule has 8 nitrogen and oxygen atoms in total. The smallest absolute Gasteiger partial charge is 0.255 e. The number of ether oxygens (including phenoxy) is 2. The molecule has 134 valence electrons. The summed E-state index contributed by atoms with van der Waals surface area (Å²) in [5.41, 5.74) is 0.950. The van der Waals surface area contributed by atoms with E-state index in [4.69, 9.17) is 13.9 Å². The molecular weight excluding hydrogens is 324 g/mol. The van der Waals surface area contributed by atoms with Crippen molar-refractivity contribution in [3.8, 4) is 0 Å². The molecule has 0 bridgehead atoms. The Balaban J connectivity index is 1.64. The lowest BCUT2D eigenvalue weighted by Crippen LogP contribution is -2.37. The number of hydrogen-bond acceptors (Lipinski definition) is 7. The Morgan fingerprint density at radius 1 is 1.32 bits per heavy atom. The molecular formula is C17H22N4O4. The summed E-state index contributed by atoms with van der Waals surface area (Å²) < 4.78 is 16.7. The van der Waals surface area contributed by atoms with Gasteiger partial charge >= 0.3 is 0 Å². The van der Waals surface area contributed by atoms with Gasteiger partial charge in [-0.2, -0.15) is 0 Å². The van der Waals surface area contributed by atoms with E-state index < -0.39 is 0 Å². The number of morpholine rings is 1. The van der Waals surface area contributed by atoms with Gasteiger partial charge in [0.1, 0.15) is 17.9 Å². The molecule has 0 spiro atoms. The first-order valence-corrected chi connectivity index (χ1v) is 8.70. The minimum Gasteiger partial charge on any atom is -0.442 e. The predicted molar refractivity (Wildman–Crippen MR) is 90.9 cm³/mol. The van der Waals surface area contributed by atoms with Crippen LogP contribution in [-0.2, 0) is 9.47 Å². The number of aromatic nitrogens is 2. The lowest BCUT2D eigenvalue weighted by Gasteiger charge is -2.28. The van der Waals surface area contributed by atoms with Crippen LogP contribution in [0.3, 0.4) is 0 Å². The molecule has 2 aliphatic heterocycles. The number of nitrogens with zero attached hydrogens (tertiary/aromatic N) is 3. The van der Waals surface area contributed by atoms with E-state index in [2.05, 4.69) is 20.2 Å². The summed E-state index contributed by atoms with van der Waals surface area (Å²) in [7, 11) is 0. The third kappa shape index (κ3) is 3.19. The summed E-state index contributed by atoms with van der Waals surface area (Å²) in [5, 5.41) is 3.64. The zero-order valence-corrected chi connectivity index (χ0v) is 14.3. The van der Waals surface area contributed by atoms with Crippen LogP contribution in [0.2, 0.25) is 0 Å². The van der Waals surface area contributed by atoms with Gasteiger partial charge < -0.3 is 24.1 Å². The molecule has 2 aliphatic rings. The number of fused-ring (bicyclic) bond motifs is 1. The van der Waals surface area contributed by atoms with Gasteiger partial charge in [-0.25, -0.2) is 9.97 Å². The van der Waals surface area contributed by atoms with Gasteiger partial charge in [0.25, 0.3) is 5.91 Å². The highest BCUT2D eigenvalue weighted by Gasteiger charge is 2.26. The van der Waals surface area contributed by atoms with E-state index in [1.54, 1.807) is 6.92 Å². The van der Waals surface area contributed by atoms with Gasteiger partial charge in [0, 0.05) is 26.2 Å². The van der Waals surface area contributed by atoms with Gasteiger partial charge in [0.15, 0.2) is 0 Å². The van der Waals surface area contributed by atoms with Gasteiger partial charge in [0.05, 0.1) is 30.3 Å². The fourth-order valence-electron chi connectivity index (χ4n) is 3.42. The molecule has 0 saturated carbocycles. The van der Waals surface area contributed by atoms with Crippen LogP contribution in [0.15, 0.2) is 10.7 Å². The highest BCUT2D eigenvalue weighted by molar-refractivity contribution is 6.10. The van der Waals surface area contributed by atoms with E-state index in [-0.39, 0.29) is 12.0 Å². The van der Waals surface area contributed by atoms with Crippen LogP contribution in [0.25, 0.3) is 11.1 Å². The first-order valence-electron chi connectivity index (χ1n) is 8.70. The second-order valence-electron chi connectivity index (χ2n) is 6.36. The largest absolute Gasteiger partial charge is 0.442 e. The average molecular weight is 346 g/mol. The van der Waals surface area contributed by atoms with Crippen LogP contribution in [0.1, 0.15) is 29.0 Å². The summed E-state index contributed by atoms with van der Waals surface area (Å²) in [6, 6.07) is 0. The third-order valence-corrected chi connectivity index (χ3v) is 4.70. The molecule has 2 aromatic rings. The van der Waals surface area contributed by atoms with Crippen molar-refractivity contribution in [1.29, 1.82) is 0 Å². The van der Waals surface area contributed by atoms with Crippen LogP contribution >= 0.6 is 0 Å². The maximum absolute atomic E-state index is 12.8. The van der Waals surface area contributed by atoms with Crippen LogP contribution < -0.4 is 10.2 Å². The predicted octanol–water partition coefficient (Wildman–Crippen LogP) is 1.28. The summed E-state index contributed by atoms with van der Waals surface area (Å²) >= 11 is 0. The zero-order valence-electron chi connectivity index (χ0n) is 14.3. The van der Waals surface area contributed by atoms with Crippen molar-refractivity contribution in [2.24, 2.45) is 0 Å². The number of furan rings is 1. The Kier molecular flexibility index (Phi) is 4.54. The molecule has 0 radical (unpaired) electrons.